The average molecular weight is 478 g/mol. The molecule has 0 bridgehead atoms. The standard InChI is InChI=1S/C29H31N7/c1-2-11-24-22(10-1)23-13-18-30-25(28(23)35-24)20-36(19-4-3-14-32-29-33-16-7-17-34-29)26-12-5-8-21-9-6-15-31-27(21)26/h1-2,6-7,9-11,13,15-18,26,35H,3-5,8,12,14,19-20H2,(H,32,33,34)/t26-/m0/s1. The number of para-hydroxylation sites is 1. The molecule has 1 aliphatic rings. The SMILES string of the molecule is c1cnc(NCCCCN(Cc2nccc3c2[nH]c2ccccc23)[C@H]2CCCc3cccnc32)nc1. The van der Waals surface area contributed by atoms with Gasteiger partial charge in [-0.2, -0.15) is 0 Å². The van der Waals surface area contributed by atoms with Crippen molar-refractivity contribution in [2.24, 2.45) is 0 Å². The zero-order valence-corrected chi connectivity index (χ0v) is 20.4. The van der Waals surface area contributed by atoms with E-state index in [2.05, 4.69) is 67.6 Å². The van der Waals surface area contributed by atoms with Gasteiger partial charge in [0.1, 0.15) is 0 Å². The molecule has 1 aromatic carbocycles. The lowest BCUT2D eigenvalue weighted by Crippen LogP contribution is -2.33. The lowest BCUT2D eigenvalue weighted by Gasteiger charge is -2.35. The second kappa shape index (κ2) is 10.4. The maximum Gasteiger partial charge on any atom is 0.222 e. The Morgan fingerprint density at radius 2 is 1.75 bits per heavy atom. The van der Waals surface area contributed by atoms with Crippen molar-refractivity contribution >= 4 is 27.8 Å². The Labute approximate surface area is 211 Å². The predicted octanol–water partition coefficient (Wildman–Crippen LogP) is 5.67. The summed E-state index contributed by atoms with van der Waals surface area (Å²) in [6, 6.07) is 17.1. The molecule has 0 radical (unpaired) electrons. The van der Waals surface area contributed by atoms with Crippen LogP contribution in [0.3, 0.4) is 0 Å². The summed E-state index contributed by atoms with van der Waals surface area (Å²) in [6.07, 6.45) is 13.0. The summed E-state index contributed by atoms with van der Waals surface area (Å²) in [6.45, 7) is 2.63. The molecule has 5 aromatic rings. The smallest absolute Gasteiger partial charge is 0.222 e. The molecule has 0 fully saturated rings. The van der Waals surface area contributed by atoms with Gasteiger partial charge in [-0.05, 0) is 68.5 Å². The largest absolute Gasteiger partial charge is 0.354 e. The van der Waals surface area contributed by atoms with Crippen molar-refractivity contribution in [2.75, 3.05) is 18.4 Å². The molecule has 6 rings (SSSR count). The summed E-state index contributed by atoms with van der Waals surface area (Å²) in [5.74, 6) is 0.689. The third-order valence-electron chi connectivity index (χ3n) is 7.19. The first-order valence-electron chi connectivity index (χ1n) is 12.9. The highest BCUT2D eigenvalue weighted by molar-refractivity contribution is 6.07. The van der Waals surface area contributed by atoms with Crippen molar-refractivity contribution in [3.8, 4) is 0 Å². The third kappa shape index (κ3) is 4.66. The molecule has 0 spiro atoms. The van der Waals surface area contributed by atoms with E-state index in [-0.39, 0.29) is 0 Å². The first kappa shape index (κ1) is 22.6. The van der Waals surface area contributed by atoms with Crippen LogP contribution in [0.15, 0.2) is 73.3 Å². The average Bonchev–Trinajstić information content (AvgIpc) is 3.32. The van der Waals surface area contributed by atoms with Crippen LogP contribution in [0.25, 0.3) is 21.8 Å². The molecule has 0 saturated heterocycles. The van der Waals surface area contributed by atoms with E-state index >= 15 is 0 Å². The monoisotopic (exact) mass is 477 g/mol. The number of fused-ring (bicyclic) bond motifs is 4. The van der Waals surface area contributed by atoms with Gasteiger partial charge >= 0.3 is 0 Å². The Balaban J connectivity index is 1.24. The van der Waals surface area contributed by atoms with E-state index in [0.717, 1.165) is 62.0 Å². The Hall–Kier alpha value is -3.84. The van der Waals surface area contributed by atoms with Crippen molar-refractivity contribution in [3.63, 3.8) is 0 Å². The quantitative estimate of drug-likeness (QED) is 0.266. The van der Waals surface area contributed by atoms with Crippen LogP contribution < -0.4 is 5.32 Å². The number of aromatic amines is 1. The van der Waals surface area contributed by atoms with Crippen LogP contribution in [0.5, 0.6) is 0 Å². The van der Waals surface area contributed by atoms with E-state index in [9.17, 15) is 0 Å². The summed E-state index contributed by atoms with van der Waals surface area (Å²) in [7, 11) is 0. The van der Waals surface area contributed by atoms with Crippen LogP contribution in [0.4, 0.5) is 5.95 Å². The van der Waals surface area contributed by atoms with Gasteiger partial charge in [0.15, 0.2) is 0 Å². The normalized spacial score (nSPS) is 15.4. The number of anilines is 1. The molecule has 2 N–H and O–H groups in total. The van der Waals surface area contributed by atoms with Crippen molar-refractivity contribution < 1.29 is 0 Å². The molecule has 0 saturated carbocycles. The molecule has 4 aromatic heterocycles. The number of pyridine rings is 2. The summed E-state index contributed by atoms with van der Waals surface area (Å²) >= 11 is 0. The Bertz CT molecular complexity index is 1450. The van der Waals surface area contributed by atoms with E-state index < -0.39 is 0 Å². The maximum atomic E-state index is 4.85. The number of nitrogens with one attached hydrogen (secondary N) is 2. The number of hydrogen-bond acceptors (Lipinski definition) is 6. The Kier molecular flexibility index (Phi) is 6.54. The molecule has 7 nitrogen and oxygen atoms in total. The predicted molar refractivity (Wildman–Crippen MR) is 144 cm³/mol. The van der Waals surface area contributed by atoms with Gasteiger partial charge in [0.25, 0.3) is 0 Å². The number of nitrogens with zero attached hydrogens (tertiary/aromatic N) is 5. The molecule has 7 heteroatoms. The number of unbranched alkanes of at least 4 members (excludes halogenated alkanes) is 1. The summed E-state index contributed by atoms with van der Waals surface area (Å²) in [5.41, 5.74) is 6.03. The Morgan fingerprint density at radius 1 is 0.861 bits per heavy atom. The highest BCUT2D eigenvalue weighted by Gasteiger charge is 2.28. The van der Waals surface area contributed by atoms with Crippen LogP contribution in [0, 0.1) is 0 Å². The molecule has 0 unspecified atom stereocenters. The van der Waals surface area contributed by atoms with Crippen LogP contribution in [0.1, 0.15) is 48.7 Å². The molecule has 1 aliphatic carbocycles. The summed E-state index contributed by atoms with van der Waals surface area (Å²) < 4.78 is 0. The lowest BCUT2D eigenvalue weighted by molar-refractivity contribution is 0.162. The summed E-state index contributed by atoms with van der Waals surface area (Å²) in [5, 5.41) is 5.82. The minimum Gasteiger partial charge on any atom is -0.354 e. The van der Waals surface area contributed by atoms with Gasteiger partial charge in [-0.1, -0.05) is 24.3 Å². The fourth-order valence-electron chi connectivity index (χ4n) is 5.46. The van der Waals surface area contributed by atoms with Crippen LogP contribution in [-0.2, 0) is 13.0 Å². The zero-order valence-electron chi connectivity index (χ0n) is 20.4. The zero-order chi connectivity index (χ0) is 24.2. The Morgan fingerprint density at radius 3 is 2.69 bits per heavy atom. The molecule has 0 aliphatic heterocycles. The third-order valence-corrected chi connectivity index (χ3v) is 7.19. The molecule has 36 heavy (non-hydrogen) atoms. The molecule has 4 heterocycles. The minimum atomic E-state index is 0.307. The highest BCUT2D eigenvalue weighted by Crippen LogP contribution is 2.35. The van der Waals surface area contributed by atoms with Gasteiger partial charge in [-0.25, -0.2) is 9.97 Å². The van der Waals surface area contributed by atoms with Gasteiger partial charge < -0.3 is 10.3 Å². The van der Waals surface area contributed by atoms with Crippen molar-refractivity contribution in [2.45, 2.75) is 44.7 Å². The van der Waals surface area contributed by atoms with Gasteiger partial charge in [-0.15, -0.1) is 0 Å². The van der Waals surface area contributed by atoms with Gasteiger partial charge in [0, 0.05) is 54.2 Å². The summed E-state index contributed by atoms with van der Waals surface area (Å²) in [4.78, 5) is 24.5. The van der Waals surface area contributed by atoms with Crippen molar-refractivity contribution in [3.05, 3.63) is 90.3 Å². The van der Waals surface area contributed by atoms with E-state index in [1.165, 1.54) is 28.5 Å². The number of benzene rings is 1. The van der Waals surface area contributed by atoms with Gasteiger partial charge in [-0.3, -0.25) is 14.9 Å². The van der Waals surface area contributed by atoms with E-state index in [4.69, 9.17) is 9.97 Å². The molecular formula is C29H31N7. The molecule has 0 amide bonds. The molecular weight excluding hydrogens is 446 g/mol. The van der Waals surface area contributed by atoms with E-state index in [0.29, 0.717) is 12.0 Å². The molecule has 182 valence electrons. The number of aryl methyl sites for hydroxylation is 1. The highest BCUT2D eigenvalue weighted by atomic mass is 15.2. The fourth-order valence-corrected chi connectivity index (χ4v) is 5.46. The number of rotatable bonds is 9. The van der Waals surface area contributed by atoms with Crippen molar-refractivity contribution in [1.29, 1.82) is 0 Å². The van der Waals surface area contributed by atoms with Crippen LogP contribution >= 0.6 is 0 Å². The van der Waals surface area contributed by atoms with E-state index in [1.54, 1.807) is 12.4 Å². The van der Waals surface area contributed by atoms with Crippen LogP contribution in [0.2, 0.25) is 0 Å². The first-order valence-corrected chi connectivity index (χ1v) is 12.9. The minimum absolute atomic E-state index is 0.307. The first-order chi connectivity index (χ1) is 17.9. The van der Waals surface area contributed by atoms with Gasteiger partial charge in [0.05, 0.1) is 22.9 Å². The number of H-pyrrole nitrogens is 1. The molecule has 1 atom stereocenters. The maximum absolute atomic E-state index is 4.85. The van der Waals surface area contributed by atoms with Crippen molar-refractivity contribution in [1.82, 2.24) is 29.8 Å². The van der Waals surface area contributed by atoms with Gasteiger partial charge in [0.2, 0.25) is 5.95 Å². The van der Waals surface area contributed by atoms with E-state index in [1.807, 2.05) is 18.5 Å². The topological polar surface area (TPSA) is 82.6 Å². The lowest BCUT2D eigenvalue weighted by atomic mass is 9.90. The van der Waals surface area contributed by atoms with Crippen LogP contribution in [-0.4, -0.2) is 42.9 Å². The second-order valence-electron chi connectivity index (χ2n) is 9.48. The fraction of sp³-hybridized carbons (Fsp3) is 0.310. The second-order valence-corrected chi connectivity index (χ2v) is 9.48. The number of hydrogen-bond donors (Lipinski definition) is 2. The number of aromatic nitrogens is 5.